The molecular weight excluding hydrogens is 871 g/mol. The Morgan fingerprint density at radius 2 is 0.913 bits per heavy atom. The molecule has 1 aliphatic rings. The van der Waals surface area contributed by atoms with E-state index in [-0.39, 0.29) is 18.5 Å². The van der Waals surface area contributed by atoms with Crippen molar-refractivity contribution in [1.29, 1.82) is 0 Å². The van der Waals surface area contributed by atoms with E-state index in [9.17, 15) is 35.1 Å². The zero-order valence-corrected chi connectivity index (χ0v) is 44.8. The number of hydrogen-bond donors (Lipinski definition) is 6. The second-order valence-electron chi connectivity index (χ2n) is 20.7. The molecule has 69 heavy (non-hydrogen) atoms. The molecule has 1 rings (SSSR count). The van der Waals surface area contributed by atoms with Gasteiger partial charge in [-0.25, -0.2) is 0 Å². The van der Waals surface area contributed by atoms with Crippen LogP contribution in [0.1, 0.15) is 284 Å². The van der Waals surface area contributed by atoms with E-state index >= 15 is 0 Å². The van der Waals surface area contributed by atoms with Gasteiger partial charge in [0.2, 0.25) is 5.91 Å². The molecule has 11 nitrogen and oxygen atoms in total. The zero-order chi connectivity index (χ0) is 50.3. The highest BCUT2D eigenvalue weighted by Crippen LogP contribution is 2.23. The molecule has 0 aliphatic carbocycles. The summed E-state index contributed by atoms with van der Waals surface area (Å²) in [4.78, 5) is 25.0. The number of rotatable bonds is 51. The first-order valence-corrected chi connectivity index (χ1v) is 29.5. The highest BCUT2D eigenvalue weighted by Gasteiger charge is 2.44. The van der Waals surface area contributed by atoms with E-state index in [0.29, 0.717) is 19.4 Å². The van der Waals surface area contributed by atoms with Gasteiger partial charge in [-0.05, 0) is 32.1 Å². The minimum Gasteiger partial charge on any atom is -0.466 e. The first-order valence-electron chi connectivity index (χ1n) is 29.5. The smallest absolute Gasteiger partial charge is 0.305 e. The molecule has 1 amide bonds. The van der Waals surface area contributed by atoms with Crippen molar-refractivity contribution in [3.8, 4) is 0 Å². The Morgan fingerprint density at radius 1 is 0.522 bits per heavy atom. The van der Waals surface area contributed by atoms with Crippen molar-refractivity contribution in [1.82, 2.24) is 5.32 Å². The molecule has 0 aromatic heterocycles. The standard InChI is InChI=1S/C58H111NO10/c1-3-5-7-9-11-13-24-28-32-36-40-44-51(61)50(49-68-58-57(66)56(65)55(64)52(48-60)69-58)59-53(62)45-41-37-33-29-26-22-20-18-16-15-17-19-21-23-27-31-35-39-43-47-67-54(63)46-42-38-34-30-25-14-12-10-8-6-4-2/h40,44,50-52,55-58,60-61,64-66H,3-39,41-43,45-49H2,1-2H3,(H,59,62)/b44-40+. The average Bonchev–Trinajstić information content (AvgIpc) is 3.34. The molecule has 0 aromatic carbocycles. The molecule has 7 atom stereocenters. The maximum atomic E-state index is 13.0. The van der Waals surface area contributed by atoms with E-state index in [1.807, 2.05) is 6.08 Å². The topological polar surface area (TPSA) is 175 Å². The molecule has 1 saturated heterocycles. The summed E-state index contributed by atoms with van der Waals surface area (Å²) >= 11 is 0. The van der Waals surface area contributed by atoms with Crippen molar-refractivity contribution < 1.29 is 49.3 Å². The van der Waals surface area contributed by atoms with E-state index in [4.69, 9.17) is 14.2 Å². The number of amides is 1. The Morgan fingerprint density at radius 3 is 1.35 bits per heavy atom. The molecule has 1 aliphatic heterocycles. The highest BCUT2D eigenvalue weighted by atomic mass is 16.7. The molecule has 1 fully saturated rings. The highest BCUT2D eigenvalue weighted by molar-refractivity contribution is 5.76. The lowest BCUT2D eigenvalue weighted by Gasteiger charge is -2.40. The second-order valence-corrected chi connectivity index (χ2v) is 20.7. The summed E-state index contributed by atoms with van der Waals surface area (Å²) in [6.07, 6.45) is 45.8. The molecule has 7 unspecified atom stereocenters. The summed E-state index contributed by atoms with van der Waals surface area (Å²) in [6, 6.07) is -0.810. The minimum atomic E-state index is -1.57. The van der Waals surface area contributed by atoms with Crippen LogP contribution in [-0.4, -0.2) is 100 Å². The Labute approximate surface area is 423 Å². The van der Waals surface area contributed by atoms with Crippen molar-refractivity contribution in [2.75, 3.05) is 19.8 Å². The van der Waals surface area contributed by atoms with E-state index in [1.165, 1.54) is 193 Å². The van der Waals surface area contributed by atoms with Gasteiger partial charge in [0.05, 0.1) is 32.0 Å². The van der Waals surface area contributed by atoms with Gasteiger partial charge < -0.3 is 45.1 Å². The van der Waals surface area contributed by atoms with Crippen molar-refractivity contribution in [3.63, 3.8) is 0 Å². The molecule has 0 bridgehead atoms. The monoisotopic (exact) mass is 982 g/mol. The summed E-state index contributed by atoms with van der Waals surface area (Å²) in [5.41, 5.74) is 0. The lowest BCUT2D eigenvalue weighted by molar-refractivity contribution is -0.302. The van der Waals surface area contributed by atoms with Crippen LogP contribution in [0.4, 0.5) is 0 Å². The third kappa shape index (κ3) is 38.7. The van der Waals surface area contributed by atoms with Gasteiger partial charge in [-0.15, -0.1) is 0 Å². The van der Waals surface area contributed by atoms with Gasteiger partial charge in [0.1, 0.15) is 24.4 Å². The molecule has 0 aromatic rings. The first kappa shape index (κ1) is 65.4. The van der Waals surface area contributed by atoms with Gasteiger partial charge in [0.25, 0.3) is 0 Å². The number of esters is 1. The normalized spacial score (nSPS) is 19.3. The molecule has 11 heteroatoms. The van der Waals surface area contributed by atoms with Crippen molar-refractivity contribution in [3.05, 3.63) is 12.2 Å². The fourth-order valence-corrected chi connectivity index (χ4v) is 9.44. The van der Waals surface area contributed by atoms with Crippen LogP contribution in [0.3, 0.4) is 0 Å². The van der Waals surface area contributed by atoms with Gasteiger partial charge in [-0.2, -0.15) is 0 Å². The maximum absolute atomic E-state index is 13.0. The predicted molar refractivity (Wildman–Crippen MR) is 283 cm³/mol. The lowest BCUT2D eigenvalue weighted by Crippen LogP contribution is -2.60. The number of aliphatic hydroxyl groups is 5. The van der Waals surface area contributed by atoms with Crippen LogP contribution in [-0.2, 0) is 23.8 Å². The van der Waals surface area contributed by atoms with Gasteiger partial charge >= 0.3 is 5.97 Å². The van der Waals surface area contributed by atoms with E-state index in [2.05, 4.69) is 19.2 Å². The zero-order valence-electron chi connectivity index (χ0n) is 44.8. The number of carbonyl (C=O) groups is 2. The fourth-order valence-electron chi connectivity index (χ4n) is 9.44. The van der Waals surface area contributed by atoms with E-state index < -0.39 is 49.5 Å². The largest absolute Gasteiger partial charge is 0.466 e. The third-order valence-electron chi connectivity index (χ3n) is 14.2. The van der Waals surface area contributed by atoms with Crippen LogP contribution < -0.4 is 5.32 Å². The number of unbranched alkanes of at least 4 members (excludes halogenated alkanes) is 37. The van der Waals surface area contributed by atoms with Gasteiger partial charge in [-0.1, -0.05) is 251 Å². The number of ether oxygens (including phenoxy) is 3. The van der Waals surface area contributed by atoms with E-state index in [1.54, 1.807) is 6.08 Å². The van der Waals surface area contributed by atoms with Crippen LogP contribution in [0, 0.1) is 0 Å². The average molecular weight is 983 g/mol. The van der Waals surface area contributed by atoms with Gasteiger partial charge in [0.15, 0.2) is 6.29 Å². The van der Waals surface area contributed by atoms with Crippen LogP contribution in [0.5, 0.6) is 0 Å². The number of nitrogens with one attached hydrogen (secondary N) is 1. The number of hydrogen-bond acceptors (Lipinski definition) is 10. The maximum Gasteiger partial charge on any atom is 0.305 e. The SMILES string of the molecule is CCCCCCCCCCC/C=C/C(O)C(COC1OC(CO)C(O)C(O)C1O)NC(=O)CCCCCCCCCCCCCCCCCCCCCOC(=O)CCCCCCCCCCCCC. The quantitative estimate of drug-likeness (QED) is 0.0195. The summed E-state index contributed by atoms with van der Waals surface area (Å²) < 4.78 is 16.7. The van der Waals surface area contributed by atoms with Crippen molar-refractivity contribution >= 4 is 11.9 Å². The Balaban J connectivity index is 2.06. The molecule has 0 spiro atoms. The molecule has 1 heterocycles. The summed E-state index contributed by atoms with van der Waals surface area (Å²) in [6.45, 7) is 4.33. The van der Waals surface area contributed by atoms with Crippen LogP contribution >= 0.6 is 0 Å². The number of allylic oxidation sites excluding steroid dienone is 1. The lowest BCUT2D eigenvalue weighted by atomic mass is 9.99. The summed E-state index contributed by atoms with van der Waals surface area (Å²) in [7, 11) is 0. The van der Waals surface area contributed by atoms with Crippen LogP contribution in [0.15, 0.2) is 12.2 Å². The van der Waals surface area contributed by atoms with Gasteiger partial charge in [0, 0.05) is 12.8 Å². The molecular formula is C58H111NO10. The van der Waals surface area contributed by atoms with Crippen LogP contribution in [0.25, 0.3) is 0 Å². The predicted octanol–water partition coefficient (Wildman–Crippen LogP) is 13.2. The van der Waals surface area contributed by atoms with Gasteiger partial charge in [-0.3, -0.25) is 9.59 Å². The molecule has 0 saturated carbocycles. The van der Waals surface area contributed by atoms with Crippen molar-refractivity contribution in [2.24, 2.45) is 0 Å². The molecule has 408 valence electrons. The third-order valence-corrected chi connectivity index (χ3v) is 14.2. The van der Waals surface area contributed by atoms with Crippen molar-refractivity contribution in [2.45, 2.75) is 326 Å². The Kier molecular flexibility index (Phi) is 46.1. The Bertz CT molecular complexity index is 1160. The number of aliphatic hydroxyl groups excluding tert-OH is 5. The fraction of sp³-hybridized carbons (Fsp3) is 0.931. The number of carbonyl (C=O) groups excluding carboxylic acids is 2. The summed E-state index contributed by atoms with van der Waals surface area (Å²) in [5, 5.41) is 54.3. The Hall–Kier alpha value is -1.60. The molecule has 0 radical (unpaired) electrons. The first-order chi connectivity index (χ1) is 33.7. The van der Waals surface area contributed by atoms with E-state index in [0.717, 1.165) is 64.2 Å². The minimum absolute atomic E-state index is 0.00576. The molecule has 6 N–H and O–H groups in total. The second kappa shape index (κ2) is 48.7. The van der Waals surface area contributed by atoms with Crippen LogP contribution in [0.2, 0.25) is 0 Å². The summed E-state index contributed by atoms with van der Waals surface area (Å²) in [5.74, 6) is -0.190.